The summed E-state index contributed by atoms with van der Waals surface area (Å²) in [4.78, 5) is 0. The number of alkyl halides is 1. The maximum atomic E-state index is 13.5. The van der Waals surface area contributed by atoms with Gasteiger partial charge in [0, 0.05) is 22.0 Å². The lowest BCUT2D eigenvalue weighted by atomic mass is 10.2. The normalized spacial score (nSPS) is 10.6. The average molecular weight is 429 g/mol. The van der Waals surface area contributed by atoms with E-state index in [-0.39, 0.29) is 5.02 Å². The Morgan fingerprint density at radius 3 is 2.53 bits per heavy atom. The topological polar surface area (TPSA) is 9.23 Å². The molecule has 0 spiro atoms. The van der Waals surface area contributed by atoms with E-state index in [1.807, 2.05) is 0 Å². The molecule has 6 heteroatoms. The van der Waals surface area contributed by atoms with Gasteiger partial charge in [-0.25, -0.2) is 4.39 Å². The van der Waals surface area contributed by atoms with Crippen molar-refractivity contribution in [2.24, 2.45) is 0 Å². The average Bonchev–Trinajstić information content (AvgIpc) is 2.36. The molecule has 0 radical (unpaired) electrons. The van der Waals surface area contributed by atoms with Crippen molar-refractivity contribution >= 4 is 55.1 Å². The van der Waals surface area contributed by atoms with E-state index in [0.717, 1.165) is 5.56 Å². The third kappa shape index (κ3) is 3.43. The molecule has 0 saturated carbocycles. The van der Waals surface area contributed by atoms with Crippen LogP contribution in [0.15, 0.2) is 34.8 Å². The maximum Gasteiger partial charge on any atom is 0.145 e. The van der Waals surface area contributed by atoms with Crippen LogP contribution in [0.1, 0.15) is 5.56 Å². The molecule has 0 aliphatic carbocycles. The molecule has 0 atom stereocenters. The first-order chi connectivity index (χ1) is 9.02. The summed E-state index contributed by atoms with van der Waals surface area (Å²) >= 11 is 18.4. The van der Waals surface area contributed by atoms with Gasteiger partial charge >= 0.3 is 0 Å². The van der Waals surface area contributed by atoms with Crippen LogP contribution >= 0.6 is 55.1 Å². The van der Waals surface area contributed by atoms with E-state index >= 15 is 0 Å². The molecule has 0 bridgehead atoms. The molecule has 0 amide bonds. The Balaban J connectivity index is 2.42. The van der Waals surface area contributed by atoms with E-state index in [1.165, 1.54) is 12.1 Å². The Morgan fingerprint density at radius 2 is 1.84 bits per heavy atom. The smallest absolute Gasteiger partial charge is 0.145 e. The molecule has 19 heavy (non-hydrogen) atoms. The van der Waals surface area contributed by atoms with Gasteiger partial charge in [-0.1, -0.05) is 45.2 Å². The van der Waals surface area contributed by atoms with Crippen molar-refractivity contribution in [2.45, 2.75) is 5.33 Å². The van der Waals surface area contributed by atoms with Gasteiger partial charge in [-0.3, -0.25) is 0 Å². The van der Waals surface area contributed by atoms with Crippen molar-refractivity contribution < 1.29 is 9.13 Å². The van der Waals surface area contributed by atoms with Crippen LogP contribution in [0.5, 0.6) is 11.5 Å². The Kier molecular flexibility index (Phi) is 5.12. The van der Waals surface area contributed by atoms with Crippen molar-refractivity contribution in [3.63, 3.8) is 0 Å². The molecule has 0 aliphatic heterocycles. The van der Waals surface area contributed by atoms with Crippen molar-refractivity contribution in [1.82, 2.24) is 0 Å². The maximum absolute atomic E-state index is 13.5. The number of halogens is 5. The molecule has 2 aromatic rings. The molecule has 1 nitrogen and oxygen atoms in total. The van der Waals surface area contributed by atoms with Gasteiger partial charge in [0.2, 0.25) is 0 Å². The molecule has 2 aromatic carbocycles. The zero-order valence-electron chi connectivity index (χ0n) is 9.39. The van der Waals surface area contributed by atoms with Crippen LogP contribution in [-0.2, 0) is 5.33 Å². The Hall–Kier alpha value is -0.290. The van der Waals surface area contributed by atoms with Crippen LogP contribution in [0.4, 0.5) is 4.39 Å². The van der Waals surface area contributed by atoms with Crippen molar-refractivity contribution in [2.75, 3.05) is 0 Å². The predicted octanol–water partition coefficient (Wildman–Crippen LogP) is 6.58. The van der Waals surface area contributed by atoms with Gasteiger partial charge in [-0.15, -0.1) is 0 Å². The molecular formula is C13H7Br2Cl2FO. The third-order valence-corrected chi connectivity index (χ3v) is 4.23. The minimum Gasteiger partial charge on any atom is -0.456 e. The first kappa shape index (κ1) is 15.1. The molecule has 0 aromatic heterocycles. The van der Waals surface area contributed by atoms with Gasteiger partial charge in [-0.2, -0.15) is 0 Å². The Morgan fingerprint density at radius 1 is 1.11 bits per heavy atom. The minimum atomic E-state index is -0.540. The molecule has 0 N–H and O–H groups in total. The van der Waals surface area contributed by atoms with Gasteiger partial charge in [-0.05, 0) is 34.1 Å². The summed E-state index contributed by atoms with van der Waals surface area (Å²) in [7, 11) is 0. The monoisotopic (exact) mass is 426 g/mol. The van der Waals surface area contributed by atoms with Crippen LogP contribution in [0.25, 0.3) is 0 Å². The zero-order valence-corrected chi connectivity index (χ0v) is 14.1. The second-order valence-corrected chi connectivity index (χ2v) is 5.88. The highest BCUT2D eigenvalue weighted by molar-refractivity contribution is 9.10. The molecule has 2 rings (SSSR count). The first-order valence-electron chi connectivity index (χ1n) is 5.18. The lowest BCUT2D eigenvalue weighted by molar-refractivity contribution is 0.470. The lowest BCUT2D eigenvalue weighted by Crippen LogP contribution is -1.92. The number of benzene rings is 2. The summed E-state index contributed by atoms with van der Waals surface area (Å²) in [5, 5.41) is 1.15. The minimum absolute atomic E-state index is 0.0334. The SMILES string of the molecule is Fc1cc(Oc2cccc(Cl)c2CBr)c(Br)cc1Cl. The van der Waals surface area contributed by atoms with Gasteiger partial charge in [0.05, 0.1) is 9.50 Å². The summed E-state index contributed by atoms with van der Waals surface area (Å²) < 4.78 is 19.7. The van der Waals surface area contributed by atoms with Crippen LogP contribution in [0.3, 0.4) is 0 Å². The van der Waals surface area contributed by atoms with Gasteiger partial charge in [0.1, 0.15) is 17.3 Å². The second-order valence-electron chi connectivity index (χ2n) is 3.65. The summed E-state index contributed by atoms with van der Waals surface area (Å²) in [5.74, 6) is 0.362. The summed E-state index contributed by atoms with van der Waals surface area (Å²) in [6.45, 7) is 0. The van der Waals surface area contributed by atoms with Crippen molar-refractivity contribution in [1.29, 1.82) is 0 Å². The Labute approximate surface area is 136 Å². The van der Waals surface area contributed by atoms with E-state index in [0.29, 0.717) is 26.3 Å². The fraction of sp³-hybridized carbons (Fsp3) is 0.0769. The van der Waals surface area contributed by atoms with Crippen LogP contribution in [0, 0.1) is 5.82 Å². The van der Waals surface area contributed by atoms with E-state index in [1.54, 1.807) is 18.2 Å². The van der Waals surface area contributed by atoms with E-state index in [2.05, 4.69) is 31.9 Å². The van der Waals surface area contributed by atoms with Crippen LogP contribution < -0.4 is 4.74 Å². The summed E-state index contributed by atoms with van der Waals surface area (Å²) in [5.41, 5.74) is 0.798. The third-order valence-electron chi connectivity index (χ3n) is 2.40. The number of rotatable bonds is 3. The zero-order chi connectivity index (χ0) is 14.0. The fourth-order valence-corrected chi connectivity index (χ4v) is 3.16. The highest BCUT2D eigenvalue weighted by Crippen LogP contribution is 2.37. The molecule has 0 fully saturated rings. The van der Waals surface area contributed by atoms with Crippen molar-refractivity contribution in [3.8, 4) is 11.5 Å². The molecule has 100 valence electrons. The number of hydrogen-bond acceptors (Lipinski definition) is 1. The standard InChI is InChI=1S/C13H7Br2Cl2FO/c14-6-7-9(16)2-1-3-12(7)19-13-5-11(18)10(17)4-8(13)15/h1-5H,6H2. The highest BCUT2D eigenvalue weighted by Gasteiger charge is 2.12. The molecule has 0 aliphatic rings. The fourth-order valence-electron chi connectivity index (χ4n) is 1.47. The number of ether oxygens (including phenoxy) is 1. The highest BCUT2D eigenvalue weighted by atomic mass is 79.9. The number of hydrogen-bond donors (Lipinski definition) is 0. The quantitative estimate of drug-likeness (QED) is 0.396. The molecule has 0 saturated heterocycles. The van der Waals surface area contributed by atoms with Crippen molar-refractivity contribution in [3.05, 3.63) is 56.2 Å². The molecular weight excluding hydrogens is 422 g/mol. The first-order valence-corrected chi connectivity index (χ1v) is 7.85. The van der Waals surface area contributed by atoms with Crippen LogP contribution in [0.2, 0.25) is 10.0 Å². The molecule has 0 unspecified atom stereocenters. The second kappa shape index (κ2) is 6.44. The van der Waals surface area contributed by atoms with Gasteiger partial charge in [0.15, 0.2) is 0 Å². The largest absolute Gasteiger partial charge is 0.456 e. The summed E-state index contributed by atoms with van der Waals surface area (Å²) in [6.07, 6.45) is 0. The van der Waals surface area contributed by atoms with Crippen LogP contribution in [-0.4, -0.2) is 0 Å². The van der Waals surface area contributed by atoms with E-state index in [4.69, 9.17) is 27.9 Å². The molecule has 0 heterocycles. The van der Waals surface area contributed by atoms with E-state index in [9.17, 15) is 4.39 Å². The Bertz CT molecular complexity index is 620. The predicted molar refractivity (Wildman–Crippen MR) is 83.3 cm³/mol. The van der Waals surface area contributed by atoms with E-state index < -0.39 is 5.82 Å². The summed E-state index contributed by atoms with van der Waals surface area (Å²) in [6, 6.07) is 7.98. The van der Waals surface area contributed by atoms with Gasteiger partial charge < -0.3 is 4.74 Å². The lowest BCUT2D eigenvalue weighted by Gasteiger charge is -2.12. The van der Waals surface area contributed by atoms with Gasteiger partial charge in [0.25, 0.3) is 0 Å².